The zero-order valence-corrected chi connectivity index (χ0v) is 8.69. The van der Waals surface area contributed by atoms with E-state index < -0.39 is 11.1 Å². The average Bonchev–Trinajstić information content (AvgIpc) is 2.16. The predicted molar refractivity (Wildman–Crippen MR) is 52.4 cm³/mol. The smallest absolute Gasteiger partial charge is 0.0280 e. The molecule has 0 aromatic heterocycles. The van der Waals surface area contributed by atoms with Gasteiger partial charge in [0.15, 0.2) is 0 Å². The standard InChI is InChI=1S/C10H14O2S/c1-3-8-5-6-10(13(11)12)9(4-2)7-8/h5-7H,3-4H2,1-2H3,(H,11,12)/p-1. The van der Waals surface area contributed by atoms with Crippen molar-refractivity contribution in [1.82, 2.24) is 0 Å². The first-order valence-corrected chi connectivity index (χ1v) is 5.47. The van der Waals surface area contributed by atoms with Crippen LogP contribution in [0.3, 0.4) is 0 Å². The quantitative estimate of drug-likeness (QED) is 0.696. The van der Waals surface area contributed by atoms with Crippen LogP contribution in [0.25, 0.3) is 0 Å². The van der Waals surface area contributed by atoms with Gasteiger partial charge in [0, 0.05) is 4.90 Å². The molecule has 0 bridgehead atoms. The summed E-state index contributed by atoms with van der Waals surface area (Å²) in [6, 6.07) is 5.51. The van der Waals surface area contributed by atoms with Gasteiger partial charge in [-0.1, -0.05) is 26.0 Å². The third-order valence-electron chi connectivity index (χ3n) is 2.09. The molecule has 0 aliphatic rings. The van der Waals surface area contributed by atoms with Gasteiger partial charge in [0.25, 0.3) is 0 Å². The maximum absolute atomic E-state index is 10.8. The molecule has 1 rings (SSSR count). The van der Waals surface area contributed by atoms with E-state index in [2.05, 4.69) is 6.92 Å². The highest BCUT2D eigenvalue weighted by atomic mass is 32.2. The summed E-state index contributed by atoms with van der Waals surface area (Å²) in [5.74, 6) is 0. The summed E-state index contributed by atoms with van der Waals surface area (Å²) in [5, 5.41) is 0. The molecule has 0 aliphatic heterocycles. The van der Waals surface area contributed by atoms with Crippen LogP contribution in [0.15, 0.2) is 23.1 Å². The van der Waals surface area contributed by atoms with E-state index in [0.717, 1.165) is 18.4 Å². The van der Waals surface area contributed by atoms with Crippen molar-refractivity contribution >= 4 is 11.1 Å². The lowest BCUT2D eigenvalue weighted by molar-refractivity contribution is 0.536. The van der Waals surface area contributed by atoms with Crippen molar-refractivity contribution in [3.8, 4) is 0 Å². The minimum Gasteiger partial charge on any atom is -0.768 e. The first-order valence-electron chi connectivity index (χ1n) is 4.40. The van der Waals surface area contributed by atoms with Gasteiger partial charge in [-0.05, 0) is 41.1 Å². The number of aryl methyl sites for hydroxylation is 2. The van der Waals surface area contributed by atoms with Crippen LogP contribution in [-0.4, -0.2) is 8.76 Å². The SMILES string of the molecule is CCc1ccc(S(=O)[O-])c(CC)c1. The molecule has 0 heterocycles. The van der Waals surface area contributed by atoms with Gasteiger partial charge in [0.05, 0.1) is 0 Å². The minimum absolute atomic E-state index is 0.430. The highest BCUT2D eigenvalue weighted by Crippen LogP contribution is 2.16. The molecule has 0 spiro atoms. The van der Waals surface area contributed by atoms with Crippen LogP contribution in [0, 0.1) is 0 Å². The van der Waals surface area contributed by atoms with Gasteiger partial charge in [-0.25, -0.2) is 0 Å². The Morgan fingerprint density at radius 3 is 2.46 bits per heavy atom. The van der Waals surface area contributed by atoms with Crippen LogP contribution < -0.4 is 0 Å². The number of hydrogen-bond acceptors (Lipinski definition) is 2. The molecule has 3 heteroatoms. The van der Waals surface area contributed by atoms with E-state index in [1.54, 1.807) is 6.07 Å². The summed E-state index contributed by atoms with van der Waals surface area (Å²) in [7, 11) is 0. The van der Waals surface area contributed by atoms with E-state index in [9.17, 15) is 8.76 Å². The maximum atomic E-state index is 10.8. The maximum Gasteiger partial charge on any atom is 0.0280 e. The minimum atomic E-state index is -2.10. The molecule has 0 N–H and O–H groups in total. The van der Waals surface area contributed by atoms with Gasteiger partial charge < -0.3 is 4.55 Å². The molecule has 0 fully saturated rings. The van der Waals surface area contributed by atoms with Crippen LogP contribution >= 0.6 is 0 Å². The molecule has 1 aromatic carbocycles. The largest absolute Gasteiger partial charge is 0.768 e. The molecule has 0 amide bonds. The topological polar surface area (TPSA) is 40.1 Å². The molecular formula is C10H13O2S-. The summed E-state index contributed by atoms with van der Waals surface area (Å²) in [6.07, 6.45) is 1.70. The molecule has 2 nitrogen and oxygen atoms in total. The third-order valence-corrected chi connectivity index (χ3v) is 2.85. The van der Waals surface area contributed by atoms with E-state index in [1.807, 2.05) is 19.1 Å². The molecule has 1 aromatic rings. The van der Waals surface area contributed by atoms with Crippen molar-refractivity contribution < 1.29 is 8.76 Å². The normalized spacial score (nSPS) is 12.8. The molecule has 0 radical (unpaired) electrons. The van der Waals surface area contributed by atoms with Gasteiger partial charge in [-0.2, -0.15) is 0 Å². The summed E-state index contributed by atoms with van der Waals surface area (Å²) >= 11 is -2.10. The lowest BCUT2D eigenvalue weighted by atomic mass is 10.1. The Kier molecular flexibility index (Phi) is 3.63. The van der Waals surface area contributed by atoms with Crippen LogP contribution in [0.5, 0.6) is 0 Å². The van der Waals surface area contributed by atoms with Gasteiger partial charge in [0.2, 0.25) is 0 Å². The van der Waals surface area contributed by atoms with Crippen LogP contribution in [0.4, 0.5) is 0 Å². The number of hydrogen-bond donors (Lipinski definition) is 0. The Morgan fingerprint density at radius 2 is 2.00 bits per heavy atom. The molecule has 0 saturated heterocycles. The summed E-state index contributed by atoms with van der Waals surface area (Å²) < 4.78 is 21.6. The van der Waals surface area contributed by atoms with E-state index in [4.69, 9.17) is 0 Å². The molecule has 0 aliphatic carbocycles. The van der Waals surface area contributed by atoms with E-state index in [0.29, 0.717) is 4.90 Å². The molecule has 1 unspecified atom stereocenters. The molecule has 13 heavy (non-hydrogen) atoms. The second-order valence-corrected chi connectivity index (χ2v) is 3.79. The predicted octanol–water partition coefficient (Wildman–Crippen LogP) is 2.05. The van der Waals surface area contributed by atoms with E-state index in [1.165, 1.54) is 5.56 Å². The lowest BCUT2D eigenvalue weighted by Crippen LogP contribution is -1.97. The zero-order chi connectivity index (χ0) is 9.84. The summed E-state index contributed by atoms with van der Waals surface area (Å²) in [6.45, 7) is 4.02. The number of rotatable bonds is 3. The van der Waals surface area contributed by atoms with Crippen LogP contribution in [0.1, 0.15) is 25.0 Å². The van der Waals surface area contributed by atoms with Gasteiger partial charge in [-0.3, -0.25) is 4.21 Å². The van der Waals surface area contributed by atoms with Gasteiger partial charge >= 0.3 is 0 Å². The monoisotopic (exact) mass is 197 g/mol. The Balaban J connectivity index is 3.15. The Morgan fingerprint density at radius 1 is 1.31 bits per heavy atom. The first kappa shape index (κ1) is 10.4. The first-order chi connectivity index (χ1) is 6.19. The fourth-order valence-corrected chi connectivity index (χ4v) is 1.89. The van der Waals surface area contributed by atoms with Crippen molar-refractivity contribution in [3.63, 3.8) is 0 Å². The molecular weight excluding hydrogens is 184 g/mol. The third kappa shape index (κ3) is 2.39. The van der Waals surface area contributed by atoms with Gasteiger partial charge in [0.1, 0.15) is 0 Å². The van der Waals surface area contributed by atoms with E-state index in [-0.39, 0.29) is 0 Å². The van der Waals surface area contributed by atoms with Gasteiger partial charge in [-0.15, -0.1) is 0 Å². The Hall–Kier alpha value is -0.670. The van der Waals surface area contributed by atoms with Crippen molar-refractivity contribution in [2.75, 3.05) is 0 Å². The van der Waals surface area contributed by atoms with Crippen molar-refractivity contribution in [3.05, 3.63) is 29.3 Å². The molecule has 1 atom stereocenters. The molecule has 72 valence electrons. The average molecular weight is 197 g/mol. The molecule has 0 saturated carbocycles. The number of benzene rings is 1. The van der Waals surface area contributed by atoms with E-state index >= 15 is 0 Å². The highest BCUT2D eigenvalue weighted by molar-refractivity contribution is 7.79. The van der Waals surface area contributed by atoms with Crippen molar-refractivity contribution in [2.45, 2.75) is 31.6 Å². The fourth-order valence-electron chi connectivity index (χ4n) is 1.29. The second-order valence-electron chi connectivity index (χ2n) is 2.88. The Labute approximate surface area is 81.3 Å². The zero-order valence-electron chi connectivity index (χ0n) is 7.87. The second kappa shape index (κ2) is 4.53. The van der Waals surface area contributed by atoms with Crippen molar-refractivity contribution in [2.24, 2.45) is 0 Å². The fraction of sp³-hybridized carbons (Fsp3) is 0.400. The summed E-state index contributed by atoms with van der Waals surface area (Å²) in [4.78, 5) is 0.430. The lowest BCUT2D eigenvalue weighted by Gasteiger charge is -2.11. The van der Waals surface area contributed by atoms with Crippen LogP contribution in [-0.2, 0) is 23.9 Å². The van der Waals surface area contributed by atoms with Crippen LogP contribution in [0.2, 0.25) is 0 Å². The summed E-state index contributed by atoms with van der Waals surface area (Å²) in [5.41, 5.74) is 2.10. The van der Waals surface area contributed by atoms with Crippen molar-refractivity contribution in [1.29, 1.82) is 0 Å². The highest BCUT2D eigenvalue weighted by Gasteiger charge is 2.01. The Bertz CT molecular complexity index is 321.